The van der Waals surface area contributed by atoms with Crippen molar-refractivity contribution in [2.75, 3.05) is 26.2 Å². The molecule has 0 aromatic heterocycles. The first kappa shape index (κ1) is 16.6. The van der Waals surface area contributed by atoms with Gasteiger partial charge >= 0.3 is 0 Å². The highest BCUT2D eigenvalue weighted by molar-refractivity contribution is 6.32. The van der Waals surface area contributed by atoms with Crippen LogP contribution in [0.15, 0.2) is 18.2 Å². The molecular formula is C17H27ClN2O. The summed E-state index contributed by atoms with van der Waals surface area (Å²) in [7, 11) is 0. The quantitative estimate of drug-likeness (QED) is 0.747. The van der Waals surface area contributed by atoms with Crippen molar-refractivity contribution in [3.63, 3.8) is 0 Å². The third kappa shape index (κ3) is 5.50. The zero-order valence-electron chi connectivity index (χ0n) is 13.0. The van der Waals surface area contributed by atoms with Gasteiger partial charge < -0.3 is 15.4 Å². The molecule has 2 N–H and O–H groups in total. The predicted octanol–water partition coefficient (Wildman–Crippen LogP) is 3.48. The first-order valence-electron chi connectivity index (χ1n) is 8.08. The van der Waals surface area contributed by atoms with E-state index in [1.54, 1.807) is 0 Å². The highest BCUT2D eigenvalue weighted by Crippen LogP contribution is 2.26. The highest BCUT2D eigenvalue weighted by atomic mass is 35.5. The fourth-order valence-corrected chi connectivity index (χ4v) is 2.97. The van der Waals surface area contributed by atoms with Crippen molar-refractivity contribution in [3.8, 4) is 5.75 Å². The van der Waals surface area contributed by atoms with Crippen LogP contribution in [0.4, 0.5) is 0 Å². The molecule has 1 saturated heterocycles. The molecule has 1 aliphatic rings. The van der Waals surface area contributed by atoms with Gasteiger partial charge in [0.15, 0.2) is 0 Å². The van der Waals surface area contributed by atoms with Crippen molar-refractivity contribution in [3.05, 3.63) is 28.8 Å². The predicted molar refractivity (Wildman–Crippen MR) is 89.2 cm³/mol. The van der Waals surface area contributed by atoms with Gasteiger partial charge in [-0.25, -0.2) is 0 Å². The molecule has 0 amide bonds. The van der Waals surface area contributed by atoms with Crippen LogP contribution in [0.5, 0.6) is 5.75 Å². The maximum atomic E-state index is 6.29. The van der Waals surface area contributed by atoms with Crippen LogP contribution >= 0.6 is 11.6 Å². The number of nitrogens with zero attached hydrogens (tertiary/aromatic N) is 1. The number of benzene rings is 1. The molecule has 1 fully saturated rings. The molecule has 0 radical (unpaired) electrons. The van der Waals surface area contributed by atoms with E-state index in [1.807, 2.05) is 12.1 Å². The van der Waals surface area contributed by atoms with Crippen LogP contribution in [0.2, 0.25) is 5.02 Å². The minimum atomic E-state index is 0.202. The topological polar surface area (TPSA) is 38.5 Å². The standard InChI is InChI=1S/C17H27ClN2O/c1-2-15(19)12-14-6-7-17(16(18)13-14)21-11-5-10-20-8-3-4-9-20/h6-7,13,15H,2-5,8-12,19H2,1H3. The first-order chi connectivity index (χ1) is 10.2. The Morgan fingerprint density at radius 3 is 2.76 bits per heavy atom. The molecule has 0 saturated carbocycles. The van der Waals surface area contributed by atoms with Gasteiger partial charge in [-0.2, -0.15) is 0 Å². The van der Waals surface area contributed by atoms with Crippen LogP contribution < -0.4 is 10.5 Å². The summed E-state index contributed by atoms with van der Waals surface area (Å²) in [4.78, 5) is 2.50. The molecule has 1 atom stereocenters. The molecule has 1 aromatic rings. The fourth-order valence-electron chi connectivity index (χ4n) is 2.71. The lowest BCUT2D eigenvalue weighted by atomic mass is 10.0. The lowest BCUT2D eigenvalue weighted by Gasteiger charge is -2.15. The maximum Gasteiger partial charge on any atom is 0.137 e. The number of halogens is 1. The molecule has 2 rings (SSSR count). The maximum absolute atomic E-state index is 6.29. The molecule has 21 heavy (non-hydrogen) atoms. The Morgan fingerprint density at radius 2 is 2.10 bits per heavy atom. The van der Waals surface area contributed by atoms with E-state index < -0.39 is 0 Å². The van der Waals surface area contributed by atoms with E-state index in [9.17, 15) is 0 Å². The van der Waals surface area contributed by atoms with Crippen molar-refractivity contribution in [1.82, 2.24) is 4.90 Å². The molecule has 0 aliphatic carbocycles. The van der Waals surface area contributed by atoms with E-state index in [-0.39, 0.29) is 6.04 Å². The number of likely N-dealkylation sites (tertiary alicyclic amines) is 1. The molecule has 1 aliphatic heterocycles. The Labute approximate surface area is 133 Å². The second kappa shape index (κ2) is 8.62. The van der Waals surface area contributed by atoms with Crippen LogP contribution in [0.25, 0.3) is 0 Å². The highest BCUT2D eigenvalue weighted by Gasteiger charge is 2.11. The summed E-state index contributed by atoms with van der Waals surface area (Å²) in [6.07, 6.45) is 5.58. The zero-order chi connectivity index (χ0) is 15.1. The van der Waals surface area contributed by atoms with Gasteiger partial charge in [-0.3, -0.25) is 0 Å². The summed E-state index contributed by atoms with van der Waals surface area (Å²) < 4.78 is 5.79. The second-order valence-corrected chi connectivity index (χ2v) is 6.30. The average Bonchev–Trinajstić information content (AvgIpc) is 2.98. The normalized spacial score (nSPS) is 17.1. The van der Waals surface area contributed by atoms with Crippen molar-refractivity contribution in [1.29, 1.82) is 0 Å². The van der Waals surface area contributed by atoms with E-state index in [4.69, 9.17) is 22.1 Å². The van der Waals surface area contributed by atoms with Gasteiger partial charge in [0.2, 0.25) is 0 Å². The Hall–Kier alpha value is -0.770. The third-order valence-corrected chi connectivity index (χ3v) is 4.39. The number of hydrogen-bond donors (Lipinski definition) is 1. The van der Waals surface area contributed by atoms with Crippen LogP contribution in [-0.2, 0) is 6.42 Å². The molecule has 1 heterocycles. The molecule has 1 unspecified atom stereocenters. The van der Waals surface area contributed by atoms with E-state index in [0.29, 0.717) is 5.02 Å². The third-order valence-electron chi connectivity index (χ3n) is 4.09. The second-order valence-electron chi connectivity index (χ2n) is 5.89. The van der Waals surface area contributed by atoms with Gasteiger partial charge in [0.05, 0.1) is 11.6 Å². The zero-order valence-corrected chi connectivity index (χ0v) is 13.7. The van der Waals surface area contributed by atoms with Gasteiger partial charge in [-0.05, 0) is 62.9 Å². The van der Waals surface area contributed by atoms with Crippen LogP contribution in [0.1, 0.15) is 38.2 Å². The number of ether oxygens (including phenoxy) is 1. The number of rotatable bonds is 8. The molecule has 0 bridgehead atoms. The minimum Gasteiger partial charge on any atom is -0.492 e. The first-order valence-corrected chi connectivity index (χ1v) is 8.46. The largest absolute Gasteiger partial charge is 0.492 e. The van der Waals surface area contributed by atoms with Gasteiger partial charge in [-0.15, -0.1) is 0 Å². The summed E-state index contributed by atoms with van der Waals surface area (Å²) in [5.74, 6) is 0.784. The summed E-state index contributed by atoms with van der Waals surface area (Å²) in [6.45, 7) is 6.44. The van der Waals surface area contributed by atoms with E-state index in [1.165, 1.54) is 31.5 Å². The molecule has 4 heteroatoms. The van der Waals surface area contributed by atoms with Crippen molar-refractivity contribution in [2.45, 2.75) is 45.1 Å². The van der Waals surface area contributed by atoms with Crippen LogP contribution in [-0.4, -0.2) is 37.2 Å². The average molecular weight is 311 g/mol. The van der Waals surface area contributed by atoms with Crippen molar-refractivity contribution >= 4 is 11.6 Å². The molecule has 0 spiro atoms. The monoisotopic (exact) mass is 310 g/mol. The molecule has 118 valence electrons. The Kier molecular flexibility index (Phi) is 6.81. The van der Waals surface area contributed by atoms with E-state index in [0.717, 1.165) is 38.2 Å². The van der Waals surface area contributed by atoms with Gasteiger partial charge in [0.25, 0.3) is 0 Å². The minimum absolute atomic E-state index is 0.202. The van der Waals surface area contributed by atoms with E-state index in [2.05, 4.69) is 17.9 Å². The van der Waals surface area contributed by atoms with Crippen molar-refractivity contribution in [2.24, 2.45) is 5.73 Å². The fraction of sp³-hybridized carbons (Fsp3) is 0.647. The smallest absolute Gasteiger partial charge is 0.137 e. The summed E-state index contributed by atoms with van der Waals surface area (Å²) in [5, 5.41) is 0.692. The van der Waals surface area contributed by atoms with Crippen LogP contribution in [0.3, 0.4) is 0 Å². The lowest BCUT2D eigenvalue weighted by molar-refractivity contribution is 0.263. The Balaban J connectivity index is 1.75. The molecule has 1 aromatic carbocycles. The summed E-state index contributed by atoms with van der Waals surface area (Å²) >= 11 is 6.29. The summed E-state index contributed by atoms with van der Waals surface area (Å²) in [6, 6.07) is 6.22. The Bertz CT molecular complexity index is 433. The lowest BCUT2D eigenvalue weighted by Crippen LogP contribution is -2.22. The number of nitrogens with two attached hydrogens (primary N) is 1. The molecule has 3 nitrogen and oxygen atoms in total. The SMILES string of the molecule is CCC(N)Cc1ccc(OCCCN2CCCC2)c(Cl)c1. The van der Waals surface area contributed by atoms with Crippen LogP contribution in [0, 0.1) is 0 Å². The summed E-state index contributed by atoms with van der Waals surface area (Å²) in [5.41, 5.74) is 7.15. The van der Waals surface area contributed by atoms with Gasteiger partial charge in [0.1, 0.15) is 5.75 Å². The Morgan fingerprint density at radius 1 is 1.33 bits per heavy atom. The van der Waals surface area contributed by atoms with Gasteiger partial charge in [-0.1, -0.05) is 24.6 Å². The number of hydrogen-bond acceptors (Lipinski definition) is 3. The van der Waals surface area contributed by atoms with E-state index >= 15 is 0 Å². The van der Waals surface area contributed by atoms with Gasteiger partial charge in [0, 0.05) is 12.6 Å². The van der Waals surface area contributed by atoms with Crippen molar-refractivity contribution < 1.29 is 4.74 Å². The molecular weight excluding hydrogens is 284 g/mol.